The number of ether oxygens (including phenoxy) is 2. The van der Waals surface area contributed by atoms with Crippen LogP contribution in [0.25, 0.3) is 11.0 Å². The Kier molecular flexibility index (Phi) is 5.65. The van der Waals surface area contributed by atoms with Crippen LogP contribution in [-0.2, 0) is 16.0 Å². The van der Waals surface area contributed by atoms with Crippen LogP contribution < -0.4 is 0 Å². The summed E-state index contributed by atoms with van der Waals surface area (Å²) in [5.41, 5.74) is 1.69. The zero-order valence-corrected chi connectivity index (χ0v) is 12.0. The number of rotatable bonds is 9. The third-order valence-electron chi connectivity index (χ3n) is 3.10. The van der Waals surface area contributed by atoms with Gasteiger partial charge in [-0.3, -0.25) is 0 Å². The van der Waals surface area contributed by atoms with E-state index in [0.29, 0.717) is 31.9 Å². The zero-order valence-electron chi connectivity index (χ0n) is 12.0. The van der Waals surface area contributed by atoms with Crippen molar-refractivity contribution in [3.63, 3.8) is 0 Å². The Bertz CT molecular complexity index is 597. The highest BCUT2D eigenvalue weighted by molar-refractivity contribution is 5.92. The maximum absolute atomic E-state index is 11.0. The van der Waals surface area contributed by atoms with Gasteiger partial charge in [-0.05, 0) is 31.0 Å². The summed E-state index contributed by atoms with van der Waals surface area (Å²) < 4.78 is 12.0. The molecular weight excluding hydrogens is 274 g/mol. The molecule has 0 amide bonds. The van der Waals surface area contributed by atoms with Gasteiger partial charge in [-0.15, -0.1) is 5.10 Å². The smallest absolute Gasteiger partial charge is 0.335 e. The molecule has 0 aliphatic carbocycles. The van der Waals surface area contributed by atoms with Crippen molar-refractivity contribution in [2.24, 2.45) is 0 Å². The first-order chi connectivity index (χ1) is 10.2. The minimum Gasteiger partial charge on any atom is -0.478 e. The van der Waals surface area contributed by atoms with Crippen LogP contribution in [0, 0.1) is 0 Å². The monoisotopic (exact) mass is 293 g/mol. The van der Waals surface area contributed by atoms with Gasteiger partial charge in [0.2, 0.25) is 0 Å². The molecule has 0 unspecified atom stereocenters. The number of carbonyl (C=O) groups is 1. The first kappa shape index (κ1) is 15.4. The Morgan fingerprint density at radius 1 is 1.29 bits per heavy atom. The summed E-state index contributed by atoms with van der Waals surface area (Å²) in [7, 11) is 1.64. The molecule has 2 rings (SSSR count). The van der Waals surface area contributed by atoms with Crippen LogP contribution in [0.2, 0.25) is 0 Å². The lowest BCUT2D eigenvalue weighted by molar-refractivity contribution is 0.0683. The highest BCUT2D eigenvalue weighted by atomic mass is 16.5. The quantitative estimate of drug-likeness (QED) is 0.706. The first-order valence-corrected chi connectivity index (χ1v) is 6.85. The van der Waals surface area contributed by atoms with Crippen molar-refractivity contribution in [2.45, 2.75) is 19.4 Å². The van der Waals surface area contributed by atoms with Crippen molar-refractivity contribution >= 4 is 17.0 Å². The summed E-state index contributed by atoms with van der Waals surface area (Å²) in [5.74, 6) is -0.948. The molecular formula is C14H19N3O4. The van der Waals surface area contributed by atoms with Crippen molar-refractivity contribution in [3.8, 4) is 0 Å². The van der Waals surface area contributed by atoms with Crippen molar-refractivity contribution in [2.75, 3.05) is 26.9 Å². The van der Waals surface area contributed by atoms with Gasteiger partial charge in [0.1, 0.15) is 5.52 Å². The van der Waals surface area contributed by atoms with Gasteiger partial charge in [0, 0.05) is 20.3 Å². The molecule has 7 heteroatoms. The number of methoxy groups -OCH3 is 1. The lowest BCUT2D eigenvalue weighted by Crippen LogP contribution is -2.05. The first-order valence-electron chi connectivity index (χ1n) is 6.85. The number of hydrogen-bond donors (Lipinski definition) is 1. The topological polar surface area (TPSA) is 86.5 Å². The molecule has 0 aliphatic heterocycles. The summed E-state index contributed by atoms with van der Waals surface area (Å²) in [6.45, 7) is 2.57. The number of nitrogens with zero attached hydrogens (tertiary/aromatic N) is 3. The lowest BCUT2D eigenvalue weighted by atomic mass is 10.2. The third kappa shape index (κ3) is 4.24. The Balaban J connectivity index is 1.87. The van der Waals surface area contributed by atoms with E-state index in [9.17, 15) is 4.79 Å². The predicted octanol–water partition coefficient (Wildman–Crippen LogP) is 1.57. The van der Waals surface area contributed by atoms with Crippen LogP contribution in [0.3, 0.4) is 0 Å². The Morgan fingerprint density at radius 2 is 2.14 bits per heavy atom. The predicted molar refractivity (Wildman–Crippen MR) is 76.4 cm³/mol. The average Bonchev–Trinajstić information content (AvgIpc) is 2.88. The van der Waals surface area contributed by atoms with Gasteiger partial charge >= 0.3 is 5.97 Å². The van der Waals surface area contributed by atoms with E-state index in [2.05, 4.69) is 10.3 Å². The molecule has 114 valence electrons. The molecule has 0 saturated heterocycles. The van der Waals surface area contributed by atoms with Crippen LogP contribution in [0.15, 0.2) is 18.2 Å². The maximum atomic E-state index is 11.0. The molecule has 0 aliphatic rings. The summed E-state index contributed by atoms with van der Waals surface area (Å²) in [6.07, 6.45) is 1.80. The standard InChI is InChI=1S/C14H19N3O4/c1-20-8-9-21-7-3-2-6-17-13-10-11(14(18)19)4-5-12(13)15-16-17/h4-5,10H,2-3,6-9H2,1H3,(H,18,19). The Labute approximate surface area is 122 Å². The van der Waals surface area contributed by atoms with Gasteiger partial charge in [-0.2, -0.15) is 0 Å². The number of hydrogen-bond acceptors (Lipinski definition) is 5. The van der Waals surface area contributed by atoms with E-state index in [4.69, 9.17) is 14.6 Å². The van der Waals surface area contributed by atoms with E-state index in [1.165, 1.54) is 6.07 Å². The second kappa shape index (κ2) is 7.70. The number of carboxylic acids is 1. The van der Waals surface area contributed by atoms with E-state index in [-0.39, 0.29) is 5.56 Å². The van der Waals surface area contributed by atoms with Gasteiger partial charge in [-0.25, -0.2) is 9.48 Å². The van der Waals surface area contributed by atoms with E-state index >= 15 is 0 Å². The van der Waals surface area contributed by atoms with Gasteiger partial charge in [0.25, 0.3) is 0 Å². The largest absolute Gasteiger partial charge is 0.478 e. The van der Waals surface area contributed by atoms with Crippen molar-refractivity contribution in [1.29, 1.82) is 0 Å². The molecule has 0 radical (unpaired) electrons. The highest BCUT2D eigenvalue weighted by Gasteiger charge is 2.08. The Morgan fingerprint density at radius 3 is 2.90 bits per heavy atom. The number of unbranched alkanes of at least 4 members (excludes halogenated alkanes) is 1. The molecule has 0 saturated carbocycles. The van der Waals surface area contributed by atoms with E-state index < -0.39 is 5.97 Å². The second-order valence-electron chi connectivity index (χ2n) is 4.63. The summed E-state index contributed by atoms with van der Waals surface area (Å²) in [5, 5.41) is 17.1. The number of benzene rings is 1. The van der Waals surface area contributed by atoms with Gasteiger partial charge in [0.15, 0.2) is 0 Å². The molecule has 0 bridgehead atoms. The number of fused-ring (bicyclic) bond motifs is 1. The summed E-state index contributed by atoms with van der Waals surface area (Å²) in [6, 6.07) is 4.82. The van der Waals surface area contributed by atoms with Gasteiger partial charge in [0.05, 0.1) is 24.3 Å². The fourth-order valence-corrected chi connectivity index (χ4v) is 1.97. The van der Waals surface area contributed by atoms with Crippen LogP contribution in [0.5, 0.6) is 0 Å². The lowest BCUT2D eigenvalue weighted by Gasteiger charge is -2.04. The van der Waals surface area contributed by atoms with Crippen molar-refractivity contribution < 1.29 is 19.4 Å². The number of aromatic carboxylic acids is 1. The van der Waals surface area contributed by atoms with E-state index in [1.807, 2.05) is 0 Å². The second-order valence-corrected chi connectivity index (χ2v) is 4.63. The molecule has 0 spiro atoms. The Hall–Kier alpha value is -1.99. The SMILES string of the molecule is COCCOCCCCn1nnc2ccc(C(=O)O)cc21. The van der Waals surface area contributed by atoms with Crippen molar-refractivity contribution in [3.05, 3.63) is 23.8 Å². The molecule has 1 aromatic carbocycles. The molecule has 1 heterocycles. The van der Waals surface area contributed by atoms with E-state index in [0.717, 1.165) is 18.4 Å². The average molecular weight is 293 g/mol. The molecule has 21 heavy (non-hydrogen) atoms. The molecule has 1 aromatic heterocycles. The third-order valence-corrected chi connectivity index (χ3v) is 3.10. The minimum absolute atomic E-state index is 0.244. The van der Waals surface area contributed by atoms with E-state index in [1.54, 1.807) is 23.9 Å². The summed E-state index contributed by atoms with van der Waals surface area (Å²) in [4.78, 5) is 11.0. The number of aromatic nitrogens is 3. The van der Waals surface area contributed by atoms with Crippen molar-refractivity contribution in [1.82, 2.24) is 15.0 Å². The van der Waals surface area contributed by atoms with Crippen LogP contribution in [0.1, 0.15) is 23.2 Å². The molecule has 2 aromatic rings. The molecule has 1 N–H and O–H groups in total. The van der Waals surface area contributed by atoms with Gasteiger partial charge in [-0.1, -0.05) is 5.21 Å². The normalized spacial score (nSPS) is 11.1. The highest BCUT2D eigenvalue weighted by Crippen LogP contribution is 2.14. The van der Waals surface area contributed by atoms with Crippen LogP contribution in [0.4, 0.5) is 0 Å². The number of carboxylic acid groups (broad SMARTS) is 1. The molecule has 7 nitrogen and oxygen atoms in total. The van der Waals surface area contributed by atoms with Gasteiger partial charge < -0.3 is 14.6 Å². The minimum atomic E-state index is -0.948. The fraction of sp³-hybridized carbons (Fsp3) is 0.500. The number of aryl methyl sites for hydroxylation is 1. The maximum Gasteiger partial charge on any atom is 0.335 e. The van der Waals surface area contributed by atoms with Crippen LogP contribution in [-0.4, -0.2) is 53.0 Å². The summed E-state index contributed by atoms with van der Waals surface area (Å²) >= 11 is 0. The molecule has 0 atom stereocenters. The molecule has 0 fully saturated rings. The zero-order chi connectivity index (χ0) is 15.1. The fourth-order valence-electron chi connectivity index (χ4n) is 1.97. The van der Waals surface area contributed by atoms with Crippen LogP contribution >= 0.6 is 0 Å².